The van der Waals surface area contributed by atoms with Crippen LogP contribution in [0.2, 0.25) is 0 Å². The monoisotopic (exact) mass is 247 g/mol. The maximum atomic E-state index is 11.5. The summed E-state index contributed by atoms with van der Waals surface area (Å²) in [4.78, 5) is 13.7. The molecule has 0 aliphatic carbocycles. The van der Waals surface area contributed by atoms with Gasteiger partial charge in [0.05, 0.1) is 6.54 Å². The Kier molecular flexibility index (Phi) is 3.99. The van der Waals surface area contributed by atoms with Crippen LogP contribution in [0.1, 0.15) is 22.7 Å². The Labute approximate surface area is 108 Å². The number of benzene rings is 1. The zero-order valence-electron chi connectivity index (χ0n) is 11.1. The van der Waals surface area contributed by atoms with Gasteiger partial charge in [-0.25, -0.2) is 0 Å². The molecule has 0 spiro atoms. The van der Waals surface area contributed by atoms with Crippen LogP contribution in [0.15, 0.2) is 18.2 Å². The van der Waals surface area contributed by atoms with Crippen molar-refractivity contribution >= 4 is 5.91 Å². The zero-order chi connectivity index (χ0) is 13.1. The highest BCUT2D eigenvalue weighted by Crippen LogP contribution is 2.24. The topological polar surface area (TPSA) is 58.4 Å². The van der Waals surface area contributed by atoms with Crippen LogP contribution in [-0.4, -0.2) is 37.0 Å². The molecule has 1 saturated heterocycles. The molecule has 1 aliphatic heterocycles. The molecular weight excluding hydrogens is 226 g/mol. The van der Waals surface area contributed by atoms with E-state index in [0.717, 1.165) is 6.54 Å². The maximum absolute atomic E-state index is 11.5. The van der Waals surface area contributed by atoms with Crippen LogP contribution in [0.4, 0.5) is 0 Å². The Morgan fingerprint density at radius 1 is 1.44 bits per heavy atom. The number of aryl methyl sites for hydroxylation is 2. The number of piperazine rings is 1. The third-order valence-electron chi connectivity index (χ3n) is 3.53. The van der Waals surface area contributed by atoms with Crippen molar-refractivity contribution in [3.8, 4) is 0 Å². The van der Waals surface area contributed by atoms with E-state index in [9.17, 15) is 4.79 Å². The lowest BCUT2D eigenvalue weighted by molar-refractivity contribution is -0.124. The van der Waals surface area contributed by atoms with Gasteiger partial charge in [0.25, 0.3) is 0 Å². The van der Waals surface area contributed by atoms with E-state index >= 15 is 0 Å². The van der Waals surface area contributed by atoms with Crippen molar-refractivity contribution < 1.29 is 4.79 Å². The summed E-state index contributed by atoms with van der Waals surface area (Å²) in [6.45, 7) is 6.73. The predicted octanol–water partition coefficient (Wildman–Crippen LogP) is 0.735. The molecule has 0 radical (unpaired) electrons. The van der Waals surface area contributed by atoms with E-state index in [1.807, 2.05) is 0 Å². The number of rotatable bonds is 3. The number of nitrogens with zero attached hydrogens (tertiary/aromatic N) is 1. The summed E-state index contributed by atoms with van der Waals surface area (Å²) in [5.41, 5.74) is 9.64. The van der Waals surface area contributed by atoms with Crippen LogP contribution in [0, 0.1) is 13.8 Å². The number of hydrogen-bond acceptors (Lipinski definition) is 3. The summed E-state index contributed by atoms with van der Waals surface area (Å²) in [5.74, 6) is 0.0880. The predicted molar refractivity (Wildman–Crippen MR) is 72.3 cm³/mol. The molecule has 98 valence electrons. The molecule has 1 aliphatic rings. The van der Waals surface area contributed by atoms with Gasteiger partial charge in [0, 0.05) is 25.7 Å². The number of carbonyl (C=O) groups is 1. The summed E-state index contributed by atoms with van der Waals surface area (Å²) in [6.07, 6.45) is 0. The quantitative estimate of drug-likeness (QED) is 0.828. The van der Waals surface area contributed by atoms with E-state index in [2.05, 4.69) is 42.3 Å². The first-order chi connectivity index (χ1) is 8.61. The zero-order valence-corrected chi connectivity index (χ0v) is 11.1. The summed E-state index contributed by atoms with van der Waals surface area (Å²) in [6, 6.07) is 6.54. The average Bonchev–Trinajstić information content (AvgIpc) is 2.35. The number of nitrogens with two attached hydrogens (primary N) is 1. The lowest BCUT2D eigenvalue weighted by Gasteiger charge is -2.34. The fourth-order valence-electron chi connectivity index (χ4n) is 2.52. The second kappa shape index (κ2) is 5.50. The molecule has 4 nitrogen and oxygen atoms in total. The highest BCUT2D eigenvalue weighted by molar-refractivity contribution is 5.78. The molecule has 3 N–H and O–H groups in total. The van der Waals surface area contributed by atoms with Crippen molar-refractivity contribution in [2.24, 2.45) is 5.73 Å². The van der Waals surface area contributed by atoms with Crippen molar-refractivity contribution in [2.75, 3.05) is 26.2 Å². The number of hydrogen-bond donors (Lipinski definition) is 2. The van der Waals surface area contributed by atoms with Crippen molar-refractivity contribution in [1.29, 1.82) is 0 Å². The minimum Gasteiger partial charge on any atom is -0.354 e. The van der Waals surface area contributed by atoms with Crippen LogP contribution in [0.5, 0.6) is 0 Å². The second-order valence-electron chi connectivity index (χ2n) is 4.93. The van der Waals surface area contributed by atoms with E-state index in [1.54, 1.807) is 0 Å². The van der Waals surface area contributed by atoms with Gasteiger partial charge in [0.15, 0.2) is 0 Å². The van der Waals surface area contributed by atoms with Gasteiger partial charge >= 0.3 is 0 Å². The molecule has 18 heavy (non-hydrogen) atoms. The Bertz CT molecular complexity index is 445. The van der Waals surface area contributed by atoms with Gasteiger partial charge in [-0.1, -0.05) is 23.8 Å². The van der Waals surface area contributed by atoms with Crippen LogP contribution in [-0.2, 0) is 4.79 Å². The van der Waals surface area contributed by atoms with Crippen molar-refractivity contribution in [1.82, 2.24) is 10.2 Å². The van der Waals surface area contributed by atoms with Crippen LogP contribution >= 0.6 is 0 Å². The molecule has 4 heteroatoms. The molecule has 1 unspecified atom stereocenters. The maximum Gasteiger partial charge on any atom is 0.234 e. The number of nitrogens with one attached hydrogen (secondary N) is 1. The molecule has 1 amide bonds. The van der Waals surface area contributed by atoms with E-state index in [4.69, 9.17) is 5.73 Å². The van der Waals surface area contributed by atoms with E-state index < -0.39 is 0 Å². The number of amides is 1. The van der Waals surface area contributed by atoms with Gasteiger partial charge in [-0.3, -0.25) is 9.69 Å². The van der Waals surface area contributed by atoms with Crippen molar-refractivity contribution in [3.63, 3.8) is 0 Å². The smallest absolute Gasteiger partial charge is 0.234 e. The minimum absolute atomic E-state index is 0.0880. The molecule has 1 aromatic carbocycles. The van der Waals surface area contributed by atoms with E-state index in [-0.39, 0.29) is 11.9 Å². The highest BCUT2D eigenvalue weighted by atomic mass is 16.2. The lowest BCUT2D eigenvalue weighted by atomic mass is 9.97. The Morgan fingerprint density at radius 3 is 2.89 bits per heavy atom. The van der Waals surface area contributed by atoms with Crippen LogP contribution in [0.25, 0.3) is 0 Å². The summed E-state index contributed by atoms with van der Waals surface area (Å²) in [7, 11) is 0. The number of carbonyl (C=O) groups excluding carboxylic acids is 1. The fraction of sp³-hybridized carbons (Fsp3) is 0.500. The lowest BCUT2D eigenvalue weighted by Crippen LogP contribution is -2.50. The van der Waals surface area contributed by atoms with Crippen molar-refractivity contribution in [3.05, 3.63) is 34.9 Å². The molecular formula is C14H21N3O. The summed E-state index contributed by atoms with van der Waals surface area (Å²) >= 11 is 0. The van der Waals surface area contributed by atoms with Gasteiger partial charge in [0.2, 0.25) is 5.91 Å². The minimum atomic E-state index is 0.0880. The molecule has 1 aromatic rings. The van der Waals surface area contributed by atoms with Gasteiger partial charge in [-0.05, 0) is 25.0 Å². The van der Waals surface area contributed by atoms with E-state index in [0.29, 0.717) is 19.6 Å². The molecule has 0 saturated carbocycles. The SMILES string of the molecule is Cc1ccc(C)c(C(CN)N2CCNC(=O)C2)c1. The highest BCUT2D eigenvalue weighted by Gasteiger charge is 2.25. The molecule has 0 aromatic heterocycles. The van der Waals surface area contributed by atoms with Crippen LogP contribution in [0.3, 0.4) is 0 Å². The van der Waals surface area contributed by atoms with Gasteiger partial charge < -0.3 is 11.1 Å². The summed E-state index contributed by atoms with van der Waals surface area (Å²) < 4.78 is 0. The van der Waals surface area contributed by atoms with Gasteiger partial charge in [0.1, 0.15) is 0 Å². The van der Waals surface area contributed by atoms with Crippen molar-refractivity contribution in [2.45, 2.75) is 19.9 Å². The summed E-state index contributed by atoms with van der Waals surface area (Å²) in [5, 5.41) is 2.85. The normalized spacial score (nSPS) is 18.5. The van der Waals surface area contributed by atoms with Gasteiger partial charge in [-0.15, -0.1) is 0 Å². The Balaban J connectivity index is 2.26. The molecule has 0 bridgehead atoms. The Morgan fingerprint density at radius 2 is 2.22 bits per heavy atom. The first-order valence-corrected chi connectivity index (χ1v) is 6.40. The second-order valence-corrected chi connectivity index (χ2v) is 4.93. The third-order valence-corrected chi connectivity index (χ3v) is 3.53. The molecule has 2 rings (SSSR count). The molecule has 1 heterocycles. The fourth-order valence-corrected chi connectivity index (χ4v) is 2.52. The average molecular weight is 247 g/mol. The third kappa shape index (κ3) is 2.71. The largest absolute Gasteiger partial charge is 0.354 e. The van der Waals surface area contributed by atoms with E-state index in [1.165, 1.54) is 16.7 Å². The molecule has 1 fully saturated rings. The molecule has 1 atom stereocenters. The van der Waals surface area contributed by atoms with Crippen LogP contribution < -0.4 is 11.1 Å². The first kappa shape index (κ1) is 13.1. The first-order valence-electron chi connectivity index (χ1n) is 6.40. The van der Waals surface area contributed by atoms with Gasteiger partial charge in [-0.2, -0.15) is 0 Å². The Hall–Kier alpha value is -1.39. The standard InChI is InChI=1S/C14H21N3O/c1-10-3-4-11(2)12(7-10)13(8-15)17-6-5-16-14(18)9-17/h3-4,7,13H,5-6,8-9,15H2,1-2H3,(H,16,18).